The first-order valence-corrected chi connectivity index (χ1v) is 20.9. The summed E-state index contributed by atoms with van der Waals surface area (Å²) in [6, 6.07) is 0.864. The Bertz CT molecular complexity index is 1720. The Morgan fingerprint density at radius 1 is 0.817 bits per heavy atom. The smallest absolute Gasteiger partial charge is 0.245 e. The normalized spacial score (nSPS) is 26.8. The monoisotopic (exact) mass is 855 g/mol. The molecule has 0 aliphatic carbocycles. The van der Waals surface area contributed by atoms with E-state index in [-0.39, 0.29) is 24.6 Å². The van der Waals surface area contributed by atoms with Gasteiger partial charge in [0.05, 0.1) is 41.6 Å². The summed E-state index contributed by atoms with van der Waals surface area (Å²) in [6.07, 6.45) is 3.54. The predicted octanol–water partition coefficient (Wildman–Crippen LogP) is 1.35. The lowest BCUT2D eigenvalue weighted by atomic mass is 9.97. The van der Waals surface area contributed by atoms with Gasteiger partial charge >= 0.3 is 0 Å². The molecule has 332 valence electrons. The maximum absolute atomic E-state index is 14.3. The number of carbonyl (C=O) groups excluding carboxylic acids is 6. The lowest BCUT2D eigenvalue weighted by Gasteiger charge is -2.34. The molecule has 3 rings (SSSR count). The van der Waals surface area contributed by atoms with Gasteiger partial charge in [0.2, 0.25) is 35.4 Å². The summed E-state index contributed by atoms with van der Waals surface area (Å²) >= 11 is 5.78. The number of thiocarbonyl (C=S) groups is 1. The van der Waals surface area contributed by atoms with Gasteiger partial charge < -0.3 is 51.4 Å². The van der Waals surface area contributed by atoms with Crippen LogP contribution in [0.2, 0.25) is 0 Å². The molecule has 7 N–H and O–H groups in total. The average molecular weight is 856 g/mol. The van der Waals surface area contributed by atoms with E-state index in [1.54, 1.807) is 41.5 Å². The minimum absolute atomic E-state index is 0.0108. The summed E-state index contributed by atoms with van der Waals surface area (Å²) in [5.41, 5.74) is -1.10. The number of hydrogen-bond acceptors (Lipinski definition) is 10. The number of nitrogens with one attached hydrogen (secondary N) is 6. The SMILES string of the molecule is C=CC(C)(C)OC[C@@H]1NC(=O)[C@H]([C@@H](C)OC(C)(C)C=C)NC(=O)[C@H](CO)NC(=S)[C@H](Cc2ccccc2)NC(=O)[C@@H]2CCCN2C(=O)[C@H](C)NC(=O)[C@H]([C@@H](C)CC)NC1=O. The predicted molar refractivity (Wildman–Crippen MR) is 231 cm³/mol. The van der Waals surface area contributed by atoms with Crippen molar-refractivity contribution in [2.45, 2.75) is 141 Å². The first-order valence-electron chi connectivity index (χ1n) is 20.5. The Balaban J connectivity index is 2.16. The molecule has 2 aliphatic rings. The quantitative estimate of drug-likeness (QED) is 0.111. The van der Waals surface area contributed by atoms with Gasteiger partial charge in [-0.15, -0.1) is 13.2 Å². The number of aliphatic hydroxyl groups excluding tert-OH is 1. The van der Waals surface area contributed by atoms with Crippen LogP contribution in [0.5, 0.6) is 0 Å². The molecule has 6 amide bonds. The third-order valence-electron chi connectivity index (χ3n) is 10.9. The van der Waals surface area contributed by atoms with Crippen LogP contribution >= 0.6 is 12.2 Å². The molecule has 1 aromatic rings. The Hall–Kier alpha value is -4.71. The number of hydrogen-bond donors (Lipinski definition) is 7. The molecule has 0 bridgehead atoms. The standard InChI is InChI=1S/C43H65N7O9S/c1-11-25(4)33-38(55)44-26(5)41(57)50-21-17-20-32(50)37(54)45-29(22-28-18-15-14-16-19-28)40(60)47-30(23-51)35(52)49-34(27(6)59-43(9,10)13-3)39(56)46-31(36(53)48-33)24-58-42(7,8)12-2/h12-16,18-19,25-27,29-34,51H,2-3,11,17,20-24H2,1,4-10H3,(H,44,55)(H,45,54)(H,46,56)(H,47,60)(H,48,53)(H,49,52)/t25-,26-,27+,29-,30-,31-,32-,33-,34-/m0/s1. The van der Waals surface area contributed by atoms with E-state index < -0.39 is 108 Å². The van der Waals surface area contributed by atoms with Crippen LogP contribution < -0.4 is 31.9 Å². The number of benzene rings is 1. The minimum Gasteiger partial charge on any atom is -0.394 e. The molecule has 1 aromatic carbocycles. The summed E-state index contributed by atoms with van der Waals surface area (Å²) in [6.45, 7) is 20.2. The highest BCUT2D eigenvalue weighted by Gasteiger charge is 2.41. The van der Waals surface area contributed by atoms with E-state index in [1.807, 2.05) is 37.3 Å². The van der Waals surface area contributed by atoms with E-state index in [4.69, 9.17) is 21.7 Å². The average Bonchev–Trinajstić information content (AvgIpc) is 3.71. The van der Waals surface area contributed by atoms with Crippen molar-refractivity contribution in [1.29, 1.82) is 0 Å². The molecule has 0 saturated carbocycles. The third-order valence-corrected chi connectivity index (χ3v) is 11.3. The topological polar surface area (TPSA) is 217 Å². The first kappa shape index (κ1) is 49.7. The zero-order valence-corrected chi connectivity index (χ0v) is 37.0. The van der Waals surface area contributed by atoms with Crippen LogP contribution in [0.4, 0.5) is 0 Å². The van der Waals surface area contributed by atoms with Crippen molar-refractivity contribution in [1.82, 2.24) is 36.8 Å². The van der Waals surface area contributed by atoms with E-state index in [9.17, 15) is 33.9 Å². The molecule has 2 heterocycles. The van der Waals surface area contributed by atoms with Crippen molar-refractivity contribution in [3.8, 4) is 0 Å². The van der Waals surface area contributed by atoms with Crippen molar-refractivity contribution < 1.29 is 43.3 Å². The zero-order valence-electron chi connectivity index (χ0n) is 36.2. The molecular weight excluding hydrogens is 791 g/mol. The Morgan fingerprint density at radius 3 is 2.00 bits per heavy atom. The van der Waals surface area contributed by atoms with Crippen LogP contribution in [-0.2, 0) is 44.7 Å². The van der Waals surface area contributed by atoms with Gasteiger partial charge in [0.1, 0.15) is 36.3 Å². The number of fused-ring (bicyclic) bond motifs is 1. The highest BCUT2D eigenvalue weighted by molar-refractivity contribution is 7.80. The van der Waals surface area contributed by atoms with Gasteiger partial charge in [0, 0.05) is 6.54 Å². The second kappa shape index (κ2) is 22.2. The van der Waals surface area contributed by atoms with Crippen molar-refractivity contribution in [2.75, 3.05) is 19.8 Å². The van der Waals surface area contributed by atoms with E-state index in [1.165, 1.54) is 24.0 Å². The van der Waals surface area contributed by atoms with E-state index >= 15 is 0 Å². The molecule has 0 aromatic heterocycles. The van der Waals surface area contributed by atoms with Gasteiger partial charge in [-0.2, -0.15) is 0 Å². The maximum atomic E-state index is 14.3. The second-order valence-corrected chi connectivity index (χ2v) is 17.0. The van der Waals surface area contributed by atoms with Crippen molar-refractivity contribution in [3.05, 3.63) is 61.2 Å². The number of aliphatic hydroxyl groups is 1. The van der Waals surface area contributed by atoms with Gasteiger partial charge in [-0.25, -0.2) is 0 Å². The Labute approximate surface area is 359 Å². The van der Waals surface area contributed by atoms with Gasteiger partial charge in [0.25, 0.3) is 0 Å². The van der Waals surface area contributed by atoms with Gasteiger partial charge in [0.15, 0.2) is 0 Å². The minimum atomic E-state index is -1.47. The van der Waals surface area contributed by atoms with E-state index in [0.717, 1.165) is 5.56 Å². The molecule has 2 aliphatic heterocycles. The molecule has 2 saturated heterocycles. The fraction of sp³-hybridized carbons (Fsp3) is 0.605. The van der Waals surface area contributed by atoms with Crippen LogP contribution in [0.1, 0.15) is 80.2 Å². The highest BCUT2D eigenvalue weighted by atomic mass is 32.1. The largest absolute Gasteiger partial charge is 0.394 e. The van der Waals surface area contributed by atoms with Crippen LogP contribution in [0, 0.1) is 5.92 Å². The summed E-state index contributed by atoms with van der Waals surface area (Å²) in [5.74, 6) is -4.53. The van der Waals surface area contributed by atoms with Crippen LogP contribution in [0.25, 0.3) is 0 Å². The molecule has 2 fully saturated rings. The lowest BCUT2D eigenvalue weighted by molar-refractivity contribution is -0.142. The molecule has 9 atom stereocenters. The van der Waals surface area contributed by atoms with Crippen molar-refractivity contribution in [3.63, 3.8) is 0 Å². The first-order chi connectivity index (χ1) is 28.2. The molecule has 17 heteroatoms. The van der Waals surface area contributed by atoms with Gasteiger partial charge in [-0.1, -0.05) is 75.0 Å². The molecule has 60 heavy (non-hydrogen) atoms. The Morgan fingerprint density at radius 2 is 1.40 bits per heavy atom. The fourth-order valence-electron chi connectivity index (χ4n) is 6.71. The van der Waals surface area contributed by atoms with Crippen LogP contribution in [0.3, 0.4) is 0 Å². The summed E-state index contributed by atoms with van der Waals surface area (Å²) in [5, 5.41) is 27.2. The van der Waals surface area contributed by atoms with Crippen molar-refractivity contribution in [2.24, 2.45) is 5.92 Å². The number of ether oxygens (including phenoxy) is 2. The summed E-state index contributed by atoms with van der Waals surface area (Å²) < 4.78 is 12.1. The van der Waals surface area contributed by atoms with Gasteiger partial charge in [-0.3, -0.25) is 28.8 Å². The number of nitrogens with zero attached hydrogens (tertiary/aromatic N) is 1. The van der Waals surface area contributed by atoms with E-state index in [0.29, 0.717) is 19.3 Å². The van der Waals surface area contributed by atoms with E-state index in [2.05, 4.69) is 45.1 Å². The molecule has 16 nitrogen and oxygen atoms in total. The van der Waals surface area contributed by atoms with Crippen LogP contribution in [-0.4, -0.2) is 130 Å². The molecule has 0 radical (unpaired) electrons. The molecule has 0 spiro atoms. The number of rotatable bonds is 13. The van der Waals surface area contributed by atoms with Crippen molar-refractivity contribution >= 4 is 52.6 Å². The second-order valence-electron chi connectivity index (χ2n) is 16.6. The summed E-state index contributed by atoms with van der Waals surface area (Å²) in [7, 11) is 0. The Kier molecular flexibility index (Phi) is 18.4. The fourth-order valence-corrected chi connectivity index (χ4v) is 7.00. The molecule has 0 unspecified atom stereocenters. The van der Waals surface area contributed by atoms with Crippen LogP contribution in [0.15, 0.2) is 55.6 Å². The zero-order chi connectivity index (χ0) is 44.9. The third kappa shape index (κ3) is 13.9. The highest BCUT2D eigenvalue weighted by Crippen LogP contribution is 2.21. The van der Waals surface area contributed by atoms with Gasteiger partial charge in [-0.05, 0) is 72.3 Å². The lowest BCUT2D eigenvalue weighted by Crippen LogP contribution is -2.63. The summed E-state index contributed by atoms with van der Waals surface area (Å²) in [4.78, 5) is 85.9. The molecular formula is C43H65N7O9S. The maximum Gasteiger partial charge on any atom is 0.245 e. The number of amides is 6. The number of carbonyl (C=O) groups is 6.